The molecule has 0 aromatic heterocycles. The fourth-order valence-corrected chi connectivity index (χ4v) is 3.21. The first-order valence-corrected chi connectivity index (χ1v) is 13.4. The lowest BCUT2D eigenvalue weighted by atomic mass is 10.2. The zero-order valence-corrected chi connectivity index (χ0v) is 23.1. The molecule has 0 saturated carbocycles. The molecule has 0 aliphatic carbocycles. The van der Waals surface area contributed by atoms with E-state index in [2.05, 4.69) is 83.1 Å². The Labute approximate surface area is 232 Å². The van der Waals surface area contributed by atoms with Crippen LogP contribution in [0, 0.1) is 0 Å². The summed E-state index contributed by atoms with van der Waals surface area (Å²) in [5.74, 6) is -1.64. The van der Waals surface area contributed by atoms with Crippen LogP contribution < -0.4 is 10.6 Å². The maximum atomic E-state index is 12.1. The van der Waals surface area contributed by atoms with Crippen LogP contribution >= 0.6 is 0 Å². The van der Waals surface area contributed by atoms with Gasteiger partial charge in [0, 0.05) is 12.1 Å². The number of benzene rings is 1. The van der Waals surface area contributed by atoms with Crippen molar-refractivity contribution in [2.45, 2.75) is 58.3 Å². The average molecular weight is 535 g/mol. The summed E-state index contributed by atoms with van der Waals surface area (Å²) in [6.45, 7) is 1.94. The molecule has 0 radical (unpaired) electrons. The Hall–Kier alpha value is -4.13. The van der Waals surface area contributed by atoms with Crippen molar-refractivity contribution in [2.75, 3.05) is 19.0 Å². The van der Waals surface area contributed by atoms with Gasteiger partial charge in [-0.25, -0.2) is 4.79 Å². The van der Waals surface area contributed by atoms with Gasteiger partial charge in [-0.2, -0.15) is 0 Å². The molecule has 3 N–H and O–H groups in total. The molecule has 7 heteroatoms. The summed E-state index contributed by atoms with van der Waals surface area (Å²) >= 11 is 0. The van der Waals surface area contributed by atoms with E-state index < -0.39 is 11.9 Å². The van der Waals surface area contributed by atoms with Gasteiger partial charge in [-0.3, -0.25) is 9.59 Å². The van der Waals surface area contributed by atoms with Crippen molar-refractivity contribution >= 4 is 23.5 Å². The van der Waals surface area contributed by atoms with E-state index in [1.807, 2.05) is 12.2 Å². The highest BCUT2D eigenvalue weighted by Gasteiger charge is 2.13. The first-order chi connectivity index (χ1) is 19.0. The smallest absolute Gasteiger partial charge is 0.341 e. The molecule has 0 spiro atoms. The Morgan fingerprint density at radius 3 is 1.79 bits per heavy atom. The van der Waals surface area contributed by atoms with Gasteiger partial charge >= 0.3 is 5.97 Å². The van der Waals surface area contributed by atoms with Crippen LogP contribution in [0.2, 0.25) is 0 Å². The summed E-state index contributed by atoms with van der Waals surface area (Å²) in [6.07, 6.45) is 32.1. The van der Waals surface area contributed by atoms with Crippen LogP contribution in [-0.2, 0) is 14.3 Å². The predicted molar refractivity (Wildman–Crippen MR) is 159 cm³/mol. The van der Waals surface area contributed by atoms with E-state index in [0.717, 1.165) is 38.5 Å². The monoisotopic (exact) mass is 534 g/mol. The van der Waals surface area contributed by atoms with Crippen molar-refractivity contribution in [1.29, 1.82) is 0 Å². The third-order valence-electron chi connectivity index (χ3n) is 5.27. The van der Waals surface area contributed by atoms with Crippen molar-refractivity contribution in [3.63, 3.8) is 0 Å². The standard InChI is InChI=1S/C32H42N2O5/c1-3-4-5-6-7-8-9-10-11-12-13-14-15-16-17-18-19-20-21-22-30(36)33-26-31(37)34-27-23-24-29(35)28(25-27)32(38)39-2/h4-5,7-8,10-11,13-14,16-17,19-20,23-25,35H,3,6,9,12,15,18,21-22,26H2,1-2H3,(H,33,36)(H,34,37). The minimum atomic E-state index is -0.716. The molecule has 0 fully saturated rings. The zero-order chi connectivity index (χ0) is 28.6. The van der Waals surface area contributed by atoms with Crippen LogP contribution in [0.5, 0.6) is 5.75 Å². The molecular formula is C32H42N2O5. The summed E-state index contributed by atoms with van der Waals surface area (Å²) in [5.41, 5.74) is 0.251. The number of hydrogen-bond donors (Lipinski definition) is 3. The summed E-state index contributed by atoms with van der Waals surface area (Å²) in [7, 11) is 1.20. The highest BCUT2D eigenvalue weighted by atomic mass is 16.5. The number of aromatic hydroxyl groups is 1. The zero-order valence-electron chi connectivity index (χ0n) is 23.1. The van der Waals surface area contributed by atoms with Crippen molar-refractivity contribution in [1.82, 2.24) is 5.32 Å². The number of carbonyl (C=O) groups excluding carboxylic acids is 3. The normalized spacial score (nSPS) is 12.1. The van der Waals surface area contributed by atoms with Crippen molar-refractivity contribution < 1.29 is 24.2 Å². The van der Waals surface area contributed by atoms with Crippen LogP contribution in [-0.4, -0.2) is 36.5 Å². The predicted octanol–water partition coefficient (Wildman–Crippen LogP) is 6.71. The number of ether oxygens (including phenoxy) is 1. The number of methoxy groups -OCH3 is 1. The Morgan fingerprint density at radius 2 is 1.28 bits per heavy atom. The van der Waals surface area contributed by atoms with E-state index in [-0.39, 0.29) is 30.2 Å². The van der Waals surface area contributed by atoms with Gasteiger partial charge in [-0.05, 0) is 63.1 Å². The second kappa shape index (κ2) is 21.9. The molecule has 1 aromatic rings. The second-order valence-corrected chi connectivity index (χ2v) is 8.50. The SMILES string of the molecule is CCC=CCC=CCC=CCC=CCC=CCC=CCCC(=O)NCC(=O)Nc1ccc(O)c(C(=O)OC)c1. The maximum Gasteiger partial charge on any atom is 0.341 e. The minimum absolute atomic E-state index is 0.0595. The van der Waals surface area contributed by atoms with Crippen LogP contribution in [0.4, 0.5) is 5.69 Å². The molecule has 0 saturated heterocycles. The molecule has 210 valence electrons. The molecule has 1 rings (SSSR count). The van der Waals surface area contributed by atoms with Crippen molar-refractivity contribution in [3.05, 3.63) is 96.7 Å². The number of anilines is 1. The number of esters is 1. The summed E-state index contributed by atoms with van der Waals surface area (Å²) in [6, 6.07) is 4.04. The number of phenols is 1. The fraction of sp³-hybridized carbons (Fsp3) is 0.344. The van der Waals surface area contributed by atoms with Crippen LogP contribution in [0.25, 0.3) is 0 Å². The van der Waals surface area contributed by atoms with E-state index in [4.69, 9.17) is 0 Å². The molecule has 0 aliphatic heterocycles. The van der Waals surface area contributed by atoms with Gasteiger partial charge in [-0.1, -0.05) is 79.8 Å². The lowest BCUT2D eigenvalue weighted by Crippen LogP contribution is -2.32. The Balaban J connectivity index is 2.12. The van der Waals surface area contributed by atoms with Gasteiger partial charge in [0.05, 0.1) is 13.7 Å². The van der Waals surface area contributed by atoms with Crippen molar-refractivity contribution in [2.24, 2.45) is 0 Å². The molecule has 0 heterocycles. The van der Waals surface area contributed by atoms with E-state index in [1.165, 1.54) is 25.3 Å². The number of nitrogens with one attached hydrogen (secondary N) is 2. The quantitative estimate of drug-likeness (QED) is 0.110. The number of amides is 2. The topological polar surface area (TPSA) is 105 Å². The van der Waals surface area contributed by atoms with Gasteiger partial charge < -0.3 is 20.5 Å². The fourth-order valence-electron chi connectivity index (χ4n) is 3.21. The van der Waals surface area contributed by atoms with Gasteiger partial charge in [0.2, 0.25) is 11.8 Å². The first kappa shape index (κ1) is 32.9. The van der Waals surface area contributed by atoms with Crippen LogP contribution in [0.3, 0.4) is 0 Å². The summed E-state index contributed by atoms with van der Waals surface area (Å²) in [5, 5.41) is 14.8. The number of phenolic OH excluding ortho intramolecular Hbond substituents is 1. The first-order valence-electron chi connectivity index (χ1n) is 13.4. The van der Waals surface area contributed by atoms with E-state index in [0.29, 0.717) is 12.1 Å². The molecule has 0 atom stereocenters. The lowest BCUT2D eigenvalue weighted by molar-refractivity contribution is -0.124. The summed E-state index contributed by atoms with van der Waals surface area (Å²) < 4.78 is 4.58. The van der Waals surface area contributed by atoms with E-state index in [9.17, 15) is 19.5 Å². The van der Waals surface area contributed by atoms with E-state index >= 15 is 0 Å². The third-order valence-corrected chi connectivity index (χ3v) is 5.27. The molecular weight excluding hydrogens is 492 g/mol. The van der Waals surface area contributed by atoms with Gasteiger partial charge in [-0.15, -0.1) is 0 Å². The highest BCUT2D eigenvalue weighted by Crippen LogP contribution is 2.22. The van der Waals surface area contributed by atoms with Gasteiger partial charge in [0.1, 0.15) is 11.3 Å². The Kier molecular flexibility index (Phi) is 18.5. The van der Waals surface area contributed by atoms with Crippen LogP contribution in [0.1, 0.15) is 68.6 Å². The largest absolute Gasteiger partial charge is 0.507 e. The molecule has 2 amide bonds. The number of carbonyl (C=O) groups is 3. The van der Waals surface area contributed by atoms with Crippen molar-refractivity contribution in [3.8, 4) is 5.75 Å². The number of allylic oxidation sites excluding steroid dienone is 12. The lowest BCUT2D eigenvalue weighted by Gasteiger charge is -2.09. The van der Waals surface area contributed by atoms with Crippen LogP contribution in [0.15, 0.2) is 91.1 Å². The molecule has 0 bridgehead atoms. The molecule has 0 aliphatic rings. The number of hydrogen-bond acceptors (Lipinski definition) is 5. The Morgan fingerprint density at radius 1 is 0.769 bits per heavy atom. The van der Waals surface area contributed by atoms with Gasteiger partial charge in [0.15, 0.2) is 0 Å². The molecule has 0 unspecified atom stereocenters. The Bertz CT molecular complexity index is 1060. The third kappa shape index (κ3) is 17.1. The highest BCUT2D eigenvalue weighted by molar-refractivity contribution is 5.97. The second-order valence-electron chi connectivity index (χ2n) is 8.50. The van der Waals surface area contributed by atoms with Gasteiger partial charge in [0.25, 0.3) is 0 Å². The average Bonchev–Trinajstić information content (AvgIpc) is 2.93. The van der Waals surface area contributed by atoms with E-state index in [1.54, 1.807) is 0 Å². The number of rotatable bonds is 18. The summed E-state index contributed by atoms with van der Waals surface area (Å²) in [4.78, 5) is 35.6. The maximum absolute atomic E-state index is 12.1. The molecule has 39 heavy (non-hydrogen) atoms. The molecule has 7 nitrogen and oxygen atoms in total. The molecule has 1 aromatic carbocycles. The minimum Gasteiger partial charge on any atom is -0.507 e.